The maximum absolute atomic E-state index is 5.86. The van der Waals surface area contributed by atoms with Gasteiger partial charge in [-0.05, 0) is 56.4 Å². The summed E-state index contributed by atoms with van der Waals surface area (Å²) in [6.45, 7) is 2.01. The standard InChI is InChI=1S/C12H17NO/c1-9-8-11(6-7-12(9)13)14-10-4-2-3-5-10/h6-8,10H,2-5,13H2,1H3. The first-order chi connectivity index (χ1) is 6.75. The van der Waals surface area contributed by atoms with Gasteiger partial charge in [-0.25, -0.2) is 0 Å². The van der Waals surface area contributed by atoms with E-state index in [-0.39, 0.29) is 0 Å². The molecular weight excluding hydrogens is 174 g/mol. The molecule has 1 saturated carbocycles. The largest absolute Gasteiger partial charge is 0.490 e. The molecule has 0 atom stereocenters. The second-order valence-electron chi connectivity index (χ2n) is 4.04. The lowest BCUT2D eigenvalue weighted by Gasteiger charge is -2.13. The van der Waals surface area contributed by atoms with Gasteiger partial charge in [0, 0.05) is 5.69 Å². The lowest BCUT2D eigenvalue weighted by molar-refractivity contribution is 0.210. The minimum atomic E-state index is 0.429. The van der Waals surface area contributed by atoms with Gasteiger partial charge in [0.05, 0.1) is 6.10 Å². The van der Waals surface area contributed by atoms with Crippen molar-refractivity contribution in [2.24, 2.45) is 0 Å². The number of benzene rings is 1. The zero-order valence-corrected chi connectivity index (χ0v) is 8.62. The number of nitrogen functional groups attached to an aromatic ring is 1. The number of hydrogen-bond acceptors (Lipinski definition) is 2. The molecular formula is C12H17NO. The molecule has 0 bridgehead atoms. The summed E-state index contributed by atoms with van der Waals surface area (Å²) >= 11 is 0. The zero-order valence-electron chi connectivity index (χ0n) is 8.62. The number of rotatable bonds is 2. The molecule has 76 valence electrons. The van der Waals surface area contributed by atoms with Gasteiger partial charge in [-0.3, -0.25) is 0 Å². The second-order valence-corrected chi connectivity index (χ2v) is 4.04. The van der Waals surface area contributed by atoms with Crippen molar-refractivity contribution in [3.63, 3.8) is 0 Å². The van der Waals surface area contributed by atoms with Crippen molar-refractivity contribution in [2.75, 3.05) is 5.73 Å². The van der Waals surface area contributed by atoms with Crippen LogP contribution in [0.15, 0.2) is 18.2 Å². The Hall–Kier alpha value is -1.18. The molecule has 2 nitrogen and oxygen atoms in total. The van der Waals surface area contributed by atoms with Gasteiger partial charge in [-0.2, -0.15) is 0 Å². The van der Waals surface area contributed by atoms with E-state index < -0.39 is 0 Å². The Morgan fingerprint density at radius 2 is 2.00 bits per heavy atom. The van der Waals surface area contributed by atoms with Crippen LogP contribution in [0.5, 0.6) is 5.75 Å². The molecule has 0 heterocycles. The molecule has 0 aliphatic heterocycles. The molecule has 0 amide bonds. The lowest BCUT2D eigenvalue weighted by Crippen LogP contribution is -2.10. The average molecular weight is 191 g/mol. The Labute approximate surface area is 85.1 Å². The van der Waals surface area contributed by atoms with E-state index >= 15 is 0 Å². The van der Waals surface area contributed by atoms with Gasteiger partial charge in [0.1, 0.15) is 5.75 Å². The van der Waals surface area contributed by atoms with Crippen molar-refractivity contribution in [1.82, 2.24) is 0 Å². The number of anilines is 1. The van der Waals surface area contributed by atoms with Crippen molar-refractivity contribution >= 4 is 5.69 Å². The van der Waals surface area contributed by atoms with Crippen LogP contribution in [0.1, 0.15) is 31.2 Å². The Morgan fingerprint density at radius 3 is 2.64 bits per heavy atom. The molecule has 1 aromatic rings. The van der Waals surface area contributed by atoms with Crippen molar-refractivity contribution in [2.45, 2.75) is 38.7 Å². The van der Waals surface area contributed by atoms with Gasteiger partial charge < -0.3 is 10.5 Å². The predicted octanol–water partition coefficient (Wildman–Crippen LogP) is 2.90. The highest BCUT2D eigenvalue weighted by molar-refractivity contribution is 5.49. The summed E-state index contributed by atoms with van der Waals surface area (Å²) in [4.78, 5) is 0. The first-order valence-corrected chi connectivity index (χ1v) is 5.28. The molecule has 2 heteroatoms. The summed E-state index contributed by atoms with van der Waals surface area (Å²) in [6, 6.07) is 5.90. The smallest absolute Gasteiger partial charge is 0.120 e. The van der Waals surface area contributed by atoms with Crippen molar-refractivity contribution in [1.29, 1.82) is 0 Å². The number of nitrogens with two attached hydrogens (primary N) is 1. The minimum Gasteiger partial charge on any atom is -0.490 e. The van der Waals surface area contributed by atoms with Crippen LogP contribution in [-0.2, 0) is 0 Å². The van der Waals surface area contributed by atoms with Crippen LogP contribution in [0.2, 0.25) is 0 Å². The number of aryl methyl sites for hydroxylation is 1. The Morgan fingerprint density at radius 1 is 1.29 bits per heavy atom. The summed E-state index contributed by atoms with van der Waals surface area (Å²) in [5.74, 6) is 0.962. The van der Waals surface area contributed by atoms with Crippen LogP contribution >= 0.6 is 0 Å². The number of ether oxygens (including phenoxy) is 1. The van der Waals surface area contributed by atoms with Crippen LogP contribution in [-0.4, -0.2) is 6.10 Å². The van der Waals surface area contributed by atoms with Gasteiger partial charge in [0.2, 0.25) is 0 Å². The Bertz CT molecular complexity index is 316. The van der Waals surface area contributed by atoms with E-state index in [1.165, 1.54) is 25.7 Å². The van der Waals surface area contributed by atoms with E-state index in [2.05, 4.69) is 0 Å². The minimum absolute atomic E-state index is 0.429. The SMILES string of the molecule is Cc1cc(OC2CCCC2)ccc1N. The van der Waals surface area contributed by atoms with Gasteiger partial charge in [-0.15, -0.1) is 0 Å². The molecule has 2 N–H and O–H groups in total. The highest BCUT2D eigenvalue weighted by Crippen LogP contribution is 2.25. The normalized spacial score (nSPS) is 17.2. The Kier molecular flexibility index (Phi) is 2.62. The van der Waals surface area contributed by atoms with Gasteiger partial charge in [0.25, 0.3) is 0 Å². The van der Waals surface area contributed by atoms with Crippen LogP contribution < -0.4 is 10.5 Å². The molecule has 0 radical (unpaired) electrons. The quantitative estimate of drug-likeness (QED) is 0.729. The summed E-state index contributed by atoms with van der Waals surface area (Å²) < 4.78 is 5.86. The molecule has 0 saturated heterocycles. The van der Waals surface area contributed by atoms with E-state index in [0.717, 1.165) is 17.0 Å². The van der Waals surface area contributed by atoms with E-state index in [0.29, 0.717) is 6.10 Å². The van der Waals surface area contributed by atoms with E-state index in [1.54, 1.807) is 0 Å². The van der Waals surface area contributed by atoms with E-state index in [1.807, 2.05) is 25.1 Å². The molecule has 1 aromatic carbocycles. The molecule has 14 heavy (non-hydrogen) atoms. The van der Waals surface area contributed by atoms with Crippen LogP contribution in [0.3, 0.4) is 0 Å². The summed E-state index contributed by atoms with van der Waals surface area (Å²) in [7, 11) is 0. The lowest BCUT2D eigenvalue weighted by atomic mass is 10.2. The predicted molar refractivity (Wildman–Crippen MR) is 58.5 cm³/mol. The van der Waals surface area contributed by atoms with Crippen molar-refractivity contribution in [3.05, 3.63) is 23.8 Å². The van der Waals surface area contributed by atoms with Crippen LogP contribution in [0.25, 0.3) is 0 Å². The van der Waals surface area contributed by atoms with Crippen LogP contribution in [0, 0.1) is 6.92 Å². The van der Waals surface area contributed by atoms with Crippen molar-refractivity contribution < 1.29 is 4.74 Å². The highest BCUT2D eigenvalue weighted by atomic mass is 16.5. The molecule has 1 aliphatic rings. The third-order valence-corrected chi connectivity index (χ3v) is 2.85. The third kappa shape index (κ3) is 2.00. The monoisotopic (exact) mass is 191 g/mol. The molecule has 0 spiro atoms. The average Bonchev–Trinajstić information content (AvgIpc) is 2.64. The molecule has 0 aromatic heterocycles. The second kappa shape index (κ2) is 3.91. The molecule has 1 fully saturated rings. The fourth-order valence-electron chi connectivity index (χ4n) is 1.92. The number of hydrogen-bond donors (Lipinski definition) is 1. The van der Waals surface area contributed by atoms with Gasteiger partial charge in [-0.1, -0.05) is 0 Å². The fourth-order valence-corrected chi connectivity index (χ4v) is 1.92. The summed E-state index contributed by atoms with van der Waals surface area (Å²) in [5.41, 5.74) is 7.68. The molecule has 0 unspecified atom stereocenters. The van der Waals surface area contributed by atoms with E-state index in [4.69, 9.17) is 10.5 Å². The highest BCUT2D eigenvalue weighted by Gasteiger charge is 2.16. The topological polar surface area (TPSA) is 35.2 Å². The maximum Gasteiger partial charge on any atom is 0.120 e. The third-order valence-electron chi connectivity index (χ3n) is 2.85. The first-order valence-electron chi connectivity index (χ1n) is 5.28. The summed E-state index contributed by atoms with van der Waals surface area (Å²) in [5, 5.41) is 0. The molecule has 2 rings (SSSR count). The van der Waals surface area contributed by atoms with Crippen molar-refractivity contribution in [3.8, 4) is 5.75 Å². The van der Waals surface area contributed by atoms with Crippen LogP contribution in [0.4, 0.5) is 5.69 Å². The van der Waals surface area contributed by atoms with Gasteiger partial charge >= 0.3 is 0 Å². The maximum atomic E-state index is 5.86. The summed E-state index contributed by atoms with van der Waals surface area (Å²) in [6.07, 6.45) is 5.43. The molecule has 1 aliphatic carbocycles. The zero-order chi connectivity index (χ0) is 9.97. The van der Waals surface area contributed by atoms with Gasteiger partial charge in [0.15, 0.2) is 0 Å². The fraction of sp³-hybridized carbons (Fsp3) is 0.500. The first kappa shape index (κ1) is 9.38. The Balaban J connectivity index is 2.05. The van der Waals surface area contributed by atoms with E-state index in [9.17, 15) is 0 Å².